The number of nitrogens with two attached hydrogens (primary N) is 1. The lowest BCUT2D eigenvalue weighted by atomic mass is 10.1. The van der Waals surface area contributed by atoms with Gasteiger partial charge in [0.1, 0.15) is 0 Å². The molecule has 2 rings (SSSR count). The molecule has 5 heteroatoms. The molecule has 0 fully saturated rings. The number of nitrogens with one attached hydrogen (secondary N) is 2. The molecule has 0 atom stereocenters. The average Bonchev–Trinajstić information content (AvgIpc) is 2.42. The molecule has 4 nitrogen and oxygen atoms in total. The van der Waals surface area contributed by atoms with Gasteiger partial charge < -0.3 is 16.4 Å². The van der Waals surface area contributed by atoms with E-state index in [9.17, 15) is 4.79 Å². The summed E-state index contributed by atoms with van der Waals surface area (Å²) in [6.07, 6.45) is 0. The van der Waals surface area contributed by atoms with Crippen molar-refractivity contribution >= 4 is 34.6 Å². The van der Waals surface area contributed by atoms with Crippen molar-refractivity contribution in [2.45, 2.75) is 6.92 Å². The highest BCUT2D eigenvalue weighted by Crippen LogP contribution is 2.20. The monoisotopic (exact) mass is 285 g/mol. The number of hydrogen-bond donors (Lipinski definition) is 3. The second kappa shape index (κ2) is 6.16. The van der Waals surface area contributed by atoms with E-state index < -0.39 is 0 Å². The number of benzene rings is 2. The molecular weight excluding hydrogens is 270 g/mol. The fourth-order valence-electron chi connectivity index (χ4n) is 1.81. The molecule has 0 bridgehead atoms. The number of thiocarbonyl (C=S) groups is 1. The van der Waals surface area contributed by atoms with Gasteiger partial charge in [-0.1, -0.05) is 18.2 Å². The molecule has 0 radical (unpaired) electrons. The van der Waals surface area contributed by atoms with Gasteiger partial charge in [0.05, 0.1) is 0 Å². The summed E-state index contributed by atoms with van der Waals surface area (Å²) in [6, 6.07) is 14.6. The number of amides is 1. The van der Waals surface area contributed by atoms with Crippen molar-refractivity contribution in [1.82, 2.24) is 0 Å². The Kier molecular flexibility index (Phi) is 4.32. The maximum Gasteiger partial charge on any atom is 0.255 e. The number of carbonyl (C=O) groups is 1. The second-order valence-electron chi connectivity index (χ2n) is 4.34. The summed E-state index contributed by atoms with van der Waals surface area (Å²) in [6.45, 7) is 1.91. The average molecular weight is 285 g/mol. The molecule has 4 N–H and O–H groups in total. The lowest BCUT2D eigenvalue weighted by Gasteiger charge is -2.11. The van der Waals surface area contributed by atoms with Gasteiger partial charge >= 0.3 is 0 Å². The van der Waals surface area contributed by atoms with Crippen LogP contribution in [0.25, 0.3) is 0 Å². The van der Waals surface area contributed by atoms with Crippen LogP contribution in [0.1, 0.15) is 15.9 Å². The summed E-state index contributed by atoms with van der Waals surface area (Å²) in [5.74, 6) is -0.135. The zero-order valence-electron chi connectivity index (χ0n) is 11.0. The van der Waals surface area contributed by atoms with Crippen LogP contribution in [-0.4, -0.2) is 11.0 Å². The van der Waals surface area contributed by atoms with E-state index in [0.717, 1.165) is 16.9 Å². The van der Waals surface area contributed by atoms with Crippen molar-refractivity contribution in [2.24, 2.45) is 5.73 Å². The van der Waals surface area contributed by atoms with Crippen LogP contribution in [0.5, 0.6) is 0 Å². The lowest BCUT2D eigenvalue weighted by Crippen LogP contribution is -2.19. The topological polar surface area (TPSA) is 67.2 Å². The quantitative estimate of drug-likeness (QED) is 0.759. The minimum Gasteiger partial charge on any atom is -0.376 e. The second-order valence-corrected chi connectivity index (χ2v) is 4.78. The van der Waals surface area contributed by atoms with E-state index in [2.05, 4.69) is 10.6 Å². The Morgan fingerprint density at radius 3 is 2.40 bits per heavy atom. The highest BCUT2D eigenvalue weighted by Gasteiger charge is 2.07. The zero-order valence-corrected chi connectivity index (χ0v) is 11.8. The van der Waals surface area contributed by atoms with Crippen LogP contribution >= 0.6 is 12.2 Å². The molecule has 2 aromatic rings. The third-order valence-corrected chi connectivity index (χ3v) is 2.88. The predicted molar refractivity (Wildman–Crippen MR) is 86.0 cm³/mol. The van der Waals surface area contributed by atoms with Crippen molar-refractivity contribution in [3.63, 3.8) is 0 Å². The van der Waals surface area contributed by atoms with Crippen LogP contribution in [-0.2, 0) is 0 Å². The summed E-state index contributed by atoms with van der Waals surface area (Å²) in [7, 11) is 0. The fourth-order valence-corrected chi connectivity index (χ4v) is 1.93. The normalized spacial score (nSPS) is 9.85. The van der Waals surface area contributed by atoms with Crippen molar-refractivity contribution < 1.29 is 4.79 Å². The molecule has 0 saturated heterocycles. The van der Waals surface area contributed by atoms with E-state index in [1.54, 1.807) is 12.1 Å². The van der Waals surface area contributed by atoms with Crippen LogP contribution in [0, 0.1) is 6.92 Å². The molecule has 0 aliphatic carbocycles. The molecule has 1 amide bonds. The third kappa shape index (κ3) is 3.55. The molecular formula is C15H15N3OS. The Labute approximate surface area is 123 Å². The molecule has 0 aliphatic heterocycles. The largest absolute Gasteiger partial charge is 0.376 e. The molecule has 0 aromatic heterocycles. The molecule has 0 unspecified atom stereocenters. The molecule has 0 saturated carbocycles. The van der Waals surface area contributed by atoms with Gasteiger partial charge in [-0.2, -0.15) is 0 Å². The maximum absolute atomic E-state index is 12.1. The van der Waals surface area contributed by atoms with E-state index in [1.807, 2.05) is 43.3 Å². The van der Waals surface area contributed by atoms with E-state index in [-0.39, 0.29) is 11.0 Å². The van der Waals surface area contributed by atoms with Gasteiger partial charge in [-0.3, -0.25) is 4.79 Å². The number of anilines is 2. The number of rotatable bonds is 3. The molecule has 0 aliphatic rings. The van der Waals surface area contributed by atoms with E-state index in [4.69, 9.17) is 18.0 Å². The van der Waals surface area contributed by atoms with Crippen molar-refractivity contribution in [3.05, 3.63) is 59.7 Å². The summed E-state index contributed by atoms with van der Waals surface area (Å²) in [5.41, 5.74) is 8.52. The fraction of sp³-hybridized carbons (Fsp3) is 0.0667. The highest BCUT2D eigenvalue weighted by atomic mass is 32.1. The Bertz CT molecular complexity index is 641. The van der Waals surface area contributed by atoms with E-state index >= 15 is 0 Å². The van der Waals surface area contributed by atoms with Crippen LogP contribution in [0.2, 0.25) is 0 Å². The summed E-state index contributed by atoms with van der Waals surface area (Å²) in [4.78, 5) is 12.1. The molecule has 2 aromatic carbocycles. The minimum absolute atomic E-state index is 0.135. The standard InChI is InChI=1S/C15H15N3OS/c1-10-9-12(17-15(16)20)7-8-13(10)18-14(19)11-5-3-2-4-6-11/h2-9H,1H3,(H,18,19)(H3,16,17,20). The van der Waals surface area contributed by atoms with E-state index in [0.29, 0.717) is 5.56 Å². The van der Waals surface area contributed by atoms with Gasteiger partial charge in [-0.25, -0.2) is 0 Å². The first-order valence-electron chi connectivity index (χ1n) is 6.10. The number of carbonyl (C=O) groups excluding carboxylic acids is 1. The Balaban J connectivity index is 2.14. The first-order chi connectivity index (χ1) is 9.56. The lowest BCUT2D eigenvalue weighted by molar-refractivity contribution is 0.102. The molecule has 0 spiro atoms. The third-order valence-electron chi connectivity index (χ3n) is 2.78. The van der Waals surface area contributed by atoms with Gasteiger partial charge in [-0.05, 0) is 55.0 Å². The summed E-state index contributed by atoms with van der Waals surface area (Å²) < 4.78 is 0. The number of aryl methyl sites for hydroxylation is 1. The summed E-state index contributed by atoms with van der Waals surface area (Å²) in [5, 5.41) is 5.94. The van der Waals surface area contributed by atoms with Crippen LogP contribution in [0.15, 0.2) is 48.5 Å². The van der Waals surface area contributed by atoms with Crippen molar-refractivity contribution in [2.75, 3.05) is 10.6 Å². The minimum atomic E-state index is -0.135. The van der Waals surface area contributed by atoms with Gasteiger partial charge in [0, 0.05) is 16.9 Å². The first kappa shape index (κ1) is 14.0. The zero-order chi connectivity index (χ0) is 14.5. The molecule has 0 heterocycles. The van der Waals surface area contributed by atoms with Gasteiger partial charge in [0.15, 0.2) is 5.11 Å². The molecule has 20 heavy (non-hydrogen) atoms. The first-order valence-corrected chi connectivity index (χ1v) is 6.50. The van der Waals surface area contributed by atoms with Gasteiger partial charge in [0.2, 0.25) is 0 Å². The number of hydrogen-bond acceptors (Lipinski definition) is 2. The van der Waals surface area contributed by atoms with Gasteiger partial charge in [0.25, 0.3) is 5.91 Å². The predicted octanol–water partition coefficient (Wildman–Crippen LogP) is 2.90. The Morgan fingerprint density at radius 1 is 1.10 bits per heavy atom. The van der Waals surface area contributed by atoms with Crippen LogP contribution in [0.3, 0.4) is 0 Å². The van der Waals surface area contributed by atoms with Gasteiger partial charge in [-0.15, -0.1) is 0 Å². The SMILES string of the molecule is Cc1cc(NC(N)=S)ccc1NC(=O)c1ccccc1. The smallest absolute Gasteiger partial charge is 0.255 e. The molecule has 102 valence electrons. The Hall–Kier alpha value is -2.40. The summed E-state index contributed by atoms with van der Waals surface area (Å²) >= 11 is 4.78. The van der Waals surface area contributed by atoms with E-state index in [1.165, 1.54) is 0 Å². The van der Waals surface area contributed by atoms with Crippen LogP contribution < -0.4 is 16.4 Å². The maximum atomic E-state index is 12.1. The van der Waals surface area contributed by atoms with Crippen molar-refractivity contribution in [3.8, 4) is 0 Å². The Morgan fingerprint density at radius 2 is 1.80 bits per heavy atom. The van der Waals surface area contributed by atoms with Crippen molar-refractivity contribution in [1.29, 1.82) is 0 Å². The highest BCUT2D eigenvalue weighted by molar-refractivity contribution is 7.80. The van der Waals surface area contributed by atoms with Crippen LogP contribution in [0.4, 0.5) is 11.4 Å².